The molecule has 1 aliphatic rings. The van der Waals surface area contributed by atoms with Crippen LogP contribution in [0, 0.1) is 0 Å². The second kappa shape index (κ2) is 6.35. The van der Waals surface area contributed by atoms with Crippen LogP contribution in [0.15, 0.2) is 0 Å². The molecular formula is C10H22N2O2. The fourth-order valence-corrected chi connectivity index (χ4v) is 1.85. The lowest BCUT2D eigenvalue weighted by molar-refractivity contribution is 0.149. The second-order valence-corrected chi connectivity index (χ2v) is 3.95. The van der Waals surface area contributed by atoms with Crippen LogP contribution in [0.4, 0.5) is 0 Å². The number of ether oxygens (including phenoxy) is 1. The SMILES string of the molecule is CNC(CCO)CN(C)C1CCOC1. The van der Waals surface area contributed by atoms with Crippen molar-refractivity contribution in [3.05, 3.63) is 0 Å². The smallest absolute Gasteiger partial charge is 0.0622 e. The van der Waals surface area contributed by atoms with Gasteiger partial charge in [-0.25, -0.2) is 0 Å². The third kappa shape index (κ3) is 3.53. The molecule has 1 rings (SSSR count). The van der Waals surface area contributed by atoms with Gasteiger partial charge in [-0.3, -0.25) is 4.90 Å². The van der Waals surface area contributed by atoms with E-state index < -0.39 is 0 Å². The molecule has 0 aromatic rings. The van der Waals surface area contributed by atoms with Crippen molar-refractivity contribution in [3.8, 4) is 0 Å². The maximum absolute atomic E-state index is 8.86. The van der Waals surface area contributed by atoms with Gasteiger partial charge in [0.2, 0.25) is 0 Å². The van der Waals surface area contributed by atoms with Gasteiger partial charge in [0.05, 0.1) is 6.61 Å². The number of aliphatic hydroxyl groups excluding tert-OH is 1. The summed E-state index contributed by atoms with van der Waals surface area (Å²) in [5, 5.41) is 12.1. The summed E-state index contributed by atoms with van der Waals surface area (Å²) in [4.78, 5) is 2.32. The minimum absolute atomic E-state index is 0.251. The van der Waals surface area contributed by atoms with Gasteiger partial charge >= 0.3 is 0 Å². The van der Waals surface area contributed by atoms with Gasteiger partial charge < -0.3 is 15.2 Å². The van der Waals surface area contributed by atoms with Crippen molar-refractivity contribution in [2.75, 3.05) is 40.5 Å². The van der Waals surface area contributed by atoms with Crippen molar-refractivity contribution < 1.29 is 9.84 Å². The number of hydrogen-bond donors (Lipinski definition) is 2. The minimum atomic E-state index is 0.251. The van der Waals surface area contributed by atoms with Gasteiger partial charge in [0.15, 0.2) is 0 Å². The van der Waals surface area contributed by atoms with Crippen LogP contribution in [0.25, 0.3) is 0 Å². The highest BCUT2D eigenvalue weighted by Gasteiger charge is 2.21. The van der Waals surface area contributed by atoms with E-state index in [1.807, 2.05) is 7.05 Å². The van der Waals surface area contributed by atoms with Gasteiger partial charge in [0, 0.05) is 31.8 Å². The number of hydrogen-bond acceptors (Lipinski definition) is 4. The Morgan fingerprint density at radius 3 is 2.93 bits per heavy atom. The first-order chi connectivity index (χ1) is 6.77. The molecule has 2 N–H and O–H groups in total. The van der Waals surface area contributed by atoms with E-state index in [1.165, 1.54) is 0 Å². The van der Waals surface area contributed by atoms with Gasteiger partial charge in [-0.15, -0.1) is 0 Å². The topological polar surface area (TPSA) is 44.7 Å². The Morgan fingerprint density at radius 2 is 2.43 bits per heavy atom. The predicted octanol–water partition coefficient (Wildman–Crippen LogP) is -0.322. The second-order valence-electron chi connectivity index (χ2n) is 3.95. The van der Waals surface area contributed by atoms with Crippen molar-refractivity contribution >= 4 is 0 Å². The molecule has 2 atom stereocenters. The van der Waals surface area contributed by atoms with Gasteiger partial charge in [0.25, 0.3) is 0 Å². The Hall–Kier alpha value is -0.160. The van der Waals surface area contributed by atoms with Crippen LogP contribution in [0.3, 0.4) is 0 Å². The monoisotopic (exact) mass is 202 g/mol. The van der Waals surface area contributed by atoms with Crippen molar-refractivity contribution in [1.29, 1.82) is 0 Å². The third-order valence-corrected chi connectivity index (χ3v) is 2.92. The first kappa shape index (κ1) is 11.9. The van der Waals surface area contributed by atoms with Crippen molar-refractivity contribution in [3.63, 3.8) is 0 Å². The Bertz CT molecular complexity index is 149. The zero-order valence-corrected chi connectivity index (χ0v) is 9.20. The van der Waals surface area contributed by atoms with E-state index in [2.05, 4.69) is 17.3 Å². The molecule has 0 bridgehead atoms. The lowest BCUT2D eigenvalue weighted by Crippen LogP contribution is -2.43. The van der Waals surface area contributed by atoms with Crippen molar-refractivity contribution in [2.45, 2.75) is 24.9 Å². The first-order valence-corrected chi connectivity index (χ1v) is 5.34. The number of rotatable bonds is 6. The molecule has 14 heavy (non-hydrogen) atoms. The van der Waals surface area contributed by atoms with Crippen LogP contribution in [-0.4, -0.2) is 62.6 Å². The summed E-state index contributed by atoms with van der Waals surface area (Å²) >= 11 is 0. The molecule has 1 fully saturated rings. The van der Waals surface area contributed by atoms with Crippen molar-refractivity contribution in [1.82, 2.24) is 10.2 Å². The molecule has 0 amide bonds. The van der Waals surface area contributed by atoms with E-state index >= 15 is 0 Å². The summed E-state index contributed by atoms with van der Waals surface area (Å²) in [7, 11) is 4.07. The van der Waals surface area contributed by atoms with E-state index in [1.54, 1.807) is 0 Å². The van der Waals surface area contributed by atoms with Gasteiger partial charge in [0.1, 0.15) is 0 Å². The molecule has 0 spiro atoms. The van der Waals surface area contributed by atoms with E-state index in [0.29, 0.717) is 12.1 Å². The third-order valence-electron chi connectivity index (χ3n) is 2.92. The van der Waals surface area contributed by atoms with Gasteiger partial charge in [-0.2, -0.15) is 0 Å². The molecule has 4 nitrogen and oxygen atoms in total. The molecule has 0 aliphatic carbocycles. The molecular weight excluding hydrogens is 180 g/mol. The lowest BCUT2D eigenvalue weighted by Gasteiger charge is -2.27. The predicted molar refractivity (Wildman–Crippen MR) is 56.4 cm³/mol. The zero-order chi connectivity index (χ0) is 10.4. The van der Waals surface area contributed by atoms with E-state index in [-0.39, 0.29) is 6.61 Å². The van der Waals surface area contributed by atoms with Crippen LogP contribution < -0.4 is 5.32 Å². The van der Waals surface area contributed by atoms with Crippen LogP contribution in [0.1, 0.15) is 12.8 Å². The van der Waals surface area contributed by atoms with Gasteiger partial charge in [-0.05, 0) is 26.9 Å². The Morgan fingerprint density at radius 1 is 1.64 bits per heavy atom. The average Bonchev–Trinajstić information content (AvgIpc) is 2.69. The van der Waals surface area contributed by atoms with Crippen LogP contribution in [-0.2, 0) is 4.74 Å². The van der Waals surface area contributed by atoms with E-state index in [9.17, 15) is 0 Å². The summed E-state index contributed by atoms with van der Waals surface area (Å²) in [6.45, 7) is 2.97. The Labute approximate surface area is 86.2 Å². The quantitative estimate of drug-likeness (QED) is 0.619. The van der Waals surface area contributed by atoms with Crippen molar-refractivity contribution in [2.24, 2.45) is 0 Å². The Balaban J connectivity index is 2.25. The Kier molecular flexibility index (Phi) is 5.40. The number of nitrogens with one attached hydrogen (secondary N) is 1. The molecule has 1 saturated heterocycles. The summed E-state index contributed by atoms with van der Waals surface area (Å²) in [6.07, 6.45) is 1.94. The lowest BCUT2D eigenvalue weighted by atomic mass is 10.1. The van der Waals surface area contributed by atoms with E-state index in [0.717, 1.165) is 32.6 Å². The number of aliphatic hydroxyl groups is 1. The molecule has 1 heterocycles. The van der Waals surface area contributed by atoms with Crippen LogP contribution in [0.5, 0.6) is 0 Å². The molecule has 0 saturated carbocycles. The molecule has 84 valence electrons. The number of nitrogens with zero attached hydrogens (tertiary/aromatic N) is 1. The van der Waals surface area contributed by atoms with Gasteiger partial charge in [-0.1, -0.05) is 0 Å². The maximum Gasteiger partial charge on any atom is 0.0622 e. The summed E-state index contributed by atoms with van der Waals surface area (Å²) in [5.41, 5.74) is 0. The zero-order valence-electron chi connectivity index (χ0n) is 9.20. The maximum atomic E-state index is 8.86. The standard InChI is InChI=1S/C10H22N2O2/c1-11-9(3-5-13)7-12(2)10-4-6-14-8-10/h9-11,13H,3-8H2,1-2H3. The molecule has 1 aliphatic heterocycles. The summed E-state index contributed by atoms with van der Waals surface area (Å²) in [6, 6.07) is 0.940. The van der Waals surface area contributed by atoms with E-state index in [4.69, 9.17) is 9.84 Å². The fraction of sp³-hybridized carbons (Fsp3) is 1.00. The first-order valence-electron chi connectivity index (χ1n) is 5.34. The summed E-state index contributed by atoms with van der Waals surface area (Å²) in [5.74, 6) is 0. The molecule has 0 aromatic carbocycles. The fourth-order valence-electron chi connectivity index (χ4n) is 1.85. The molecule has 0 aromatic heterocycles. The largest absolute Gasteiger partial charge is 0.396 e. The molecule has 2 unspecified atom stereocenters. The normalized spacial score (nSPS) is 24.4. The molecule has 0 radical (unpaired) electrons. The minimum Gasteiger partial charge on any atom is -0.396 e. The van der Waals surface area contributed by atoms with Crippen LogP contribution >= 0.6 is 0 Å². The van der Waals surface area contributed by atoms with Crippen LogP contribution in [0.2, 0.25) is 0 Å². The highest BCUT2D eigenvalue weighted by Crippen LogP contribution is 2.11. The average molecular weight is 202 g/mol. The highest BCUT2D eigenvalue weighted by atomic mass is 16.5. The molecule has 4 heteroatoms. The number of likely N-dealkylation sites (N-methyl/N-ethyl adjacent to an activating group) is 2. The highest BCUT2D eigenvalue weighted by molar-refractivity contribution is 4.77. The summed E-state index contributed by atoms with van der Waals surface area (Å²) < 4.78 is 5.34.